The fourth-order valence-electron chi connectivity index (χ4n) is 1.94. The lowest BCUT2D eigenvalue weighted by Gasteiger charge is -2.25. The van der Waals surface area contributed by atoms with Crippen LogP contribution in [0.15, 0.2) is 0 Å². The maximum Gasteiger partial charge on any atom is 0.00174 e. The predicted octanol–water partition coefficient (Wildman–Crippen LogP) is 3.45. The highest BCUT2D eigenvalue weighted by Gasteiger charge is 2.10. The molecule has 0 spiro atoms. The number of hydrogen-bond donors (Lipinski definition) is 1. The van der Waals surface area contributed by atoms with Crippen molar-refractivity contribution in [3.63, 3.8) is 0 Å². The van der Waals surface area contributed by atoms with Crippen molar-refractivity contribution in [2.24, 2.45) is 5.92 Å². The van der Waals surface area contributed by atoms with Crippen molar-refractivity contribution in [2.75, 3.05) is 25.4 Å². The van der Waals surface area contributed by atoms with Crippen LogP contribution in [0.4, 0.5) is 0 Å². The van der Waals surface area contributed by atoms with Gasteiger partial charge >= 0.3 is 0 Å². The number of thiol groups is 1. The first-order valence-corrected chi connectivity index (χ1v) is 6.74. The van der Waals surface area contributed by atoms with Gasteiger partial charge in [-0.2, -0.15) is 12.6 Å². The lowest BCUT2D eigenvalue weighted by atomic mass is 10.1. The first kappa shape index (κ1) is 14.3. The van der Waals surface area contributed by atoms with Gasteiger partial charge < -0.3 is 4.90 Å². The van der Waals surface area contributed by atoms with Crippen molar-refractivity contribution in [3.8, 4) is 0 Å². The quantitative estimate of drug-likeness (QED) is 0.579. The summed E-state index contributed by atoms with van der Waals surface area (Å²) in [5, 5.41) is 0. The Kier molecular flexibility index (Phi) is 10.1. The molecule has 0 aliphatic heterocycles. The Bertz CT molecular complexity index is 111. The Hall–Kier alpha value is 0.310. The monoisotopic (exact) mass is 217 g/mol. The Morgan fingerprint density at radius 2 is 1.57 bits per heavy atom. The van der Waals surface area contributed by atoms with Crippen molar-refractivity contribution >= 4 is 12.6 Å². The molecule has 0 saturated carbocycles. The van der Waals surface area contributed by atoms with Crippen LogP contribution in [0.1, 0.15) is 46.5 Å². The molecule has 0 bridgehead atoms. The zero-order chi connectivity index (χ0) is 10.8. The van der Waals surface area contributed by atoms with Gasteiger partial charge in [-0.3, -0.25) is 0 Å². The van der Waals surface area contributed by atoms with E-state index in [1.165, 1.54) is 45.3 Å². The summed E-state index contributed by atoms with van der Waals surface area (Å²) >= 11 is 4.43. The third kappa shape index (κ3) is 6.72. The third-order valence-electron chi connectivity index (χ3n) is 2.55. The summed E-state index contributed by atoms with van der Waals surface area (Å²) in [4.78, 5) is 2.59. The van der Waals surface area contributed by atoms with Crippen molar-refractivity contribution < 1.29 is 0 Å². The van der Waals surface area contributed by atoms with E-state index in [2.05, 4.69) is 38.3 Å². The molecule has 0 aliphatic rings. The van der Waals surface area contributed by atoms with Crippen LogP contribution in [0, 0.1) is 5.92 Å². The highest BCUT2D eigenvalue weighted by atomic mass is 32.1. The molecule has 0 heterocycles. The Labute approximate surface area is 95.7 Å². The standard InChI is InChI=1S/C12H27NS/c1-4-7-12(11-14)10-13(8-5-2)9-6-3/h12,14H,4-11H2,1-3H3. The molecule has 0 aromatic heterocycles. The van der Waals surface area contributed by atoms with Crippen molar-refractivity contribution in [1.29, 1.82) is 0 Å². The SMILES string of the molecule is CCCC(CS)CN(CCC)CCC. The predicted molar refractivity (Wildman–Crippen MR) is 69.3 cm³/mol. The van der Waals surface area contributed by atoms with Gasteiger partial charge in [0.15, 0.2) is 0 Å². The van der Waals surface area contributed by atoms with Gasteiger partial charge in [-0.05, 0) is 44.0 Å². The molecule has 0 N–H and O–H groups in total. The van der Waals surface area contributed by atoms with Gasteiger partial charge in [0, 0.05) is 6.54 Å². The minimum absolute atomic E-state index is 0.793. The van der Waals surface area contributed by atoms with Gasteiger partial charge in [0.1, 0.15) is 0 Å². The number of nitrogens with zero attached hydrogens (tertiary/aromatic N) is 1. The van der Waals surface area contributed by atoms with E-state index < -0.39 is 0 Å². The molecule has 1 atom stereocenters. The summed E-state index contributed by atoms with van der Waals surface area (Å²) in [6, 6.07) is 0. The van der Waals surface area contributed by atoms with Crippen molar-refractivity contribution in [2.45, 2.75) is 46.5 Å². The van der Waals surface area contributed by atoms with Crippen LogP contribution in [0.3, 0.4) is 0 Å². The van der Waals surface area contributed by atoms with E-state index in [1.807, 2.05) is 0 Å². The van der Waals surface area contributed by atoms with Gasteiger partial charge in [0.25, 0.3) is 0 Å². The molecular weight excluding hydrogens is 190 g/mol. The zero-order valence-electron chi connectivity index (χ0n) is 10.1. The van der Waals surface area contributed by atoms with E-state index in [1.54, 1.807) is 0 Å². The molecule has 0 saturated heterocycles. The first-order valence-electron chi connectivity index (χ1n) is 6.11. The molecule has 1 unspecified atom stereocenters. The molecule has 0 fully saturated rings. The molecule has 0 aromatic rings. The molecule has 14 heavy (non-hydrogen) atoms. The second-order valence-corrected chi connectivity index (χ2v) is 4.50. The molecule has 2 heteroatoms. The van der Waals surface area contributed by atoms with Crippen LogP contribution in [0.5, 0.6) is 0 Å². The first-order chi connectivity index (χ1) is 6.78. The van der Waals surface area contributed by atoms with Crippen LogP contribution in [0.25, 0.3) is 0 Å². The molecule has 0 rings (SSSR count). The van der Waals surface area contributed by atoms with E-state index in [4.69, 9.17) is 0 Å². The average Bonchev–Trinajstić information content (AvgIpc) is 2.18. The zero-order valence-corrected chi connectivity index (χ0v) is 11.0. The topological polar surface area (TPSA) is 3.24 Å². The van der Waals surface area contributed by atoms with Crippen molar-refractivity contribution in [3.05, 3.63) is 0 Å². The molecule has 0 aromatic carbocycles. The molecule has 0 radical (unpaired) electrons. The lowest BCUT2D eigenvalue weighted by Crippen LogP contribution is -2.31. The normalized spacial score (nSPS) is 13.5. The van der Waals surface area contributed by atoms with Crippen LogP contribution in [-0.4, -0.2) is 30.3 Å². The van der Waals surface area contributed by atoms with Gasteiger partial charge in [-0.15, -0.1) is 0 Å². The van der Waals surface area contributed by atoms with E-state index in [0.717, 1.165) is 11.7 Å². The number of hydrogen-bond acceptors (Lipinski definition) is 2. The Morgan fingerprint density at radius 1 is 1.00 bits per heavy atom. The summed E-state index contributed by atoms with van der Waals surface area (Å²) in [6.07, 6.45) is 5.15. The molecule has 0 aliphatic carbocycles. The highest BCUT2D eigenvalue weighted by molar-refractivity contribution is 7.80. The van der Waals surface area contributed by atoms with Gasteiger partial charge in [-0.25, -0.2) is 0 Å². The van der Waals surface area contributed by atoms with E-state index in [9.17, 15) is 0 Å². The van der Waals surface area contributed by atoms with E-state index >= 15 is 0 Å². The molecule has 0 amide bonds. The van der Waals surface area contributed by atoms with Crippen LogP contribution in [0.2, 0.25) is 0 Å². The lowest BCUT2D eigenvalue weighted by molar-refractivity contribution is 0.234. The maximum absolute atomic E-state index is 4.43. The van der Waals surface area contributed by atoms with Gasteiger partial charge in [0.2, 0.25) is 0 Å². The van der Waals surface area contributed by atoms with Crippen LogP contribution >= 0.6 is 12.6 Å². The second kappa shape index (κ2) is 9.85. The largest absolute Gasteiger partial charge is 0.303 e. The minimum Gasteiger partial charge on any atom is -0.303 e. The maximum atomic E-state index is 4.43. The highest BCUT2D eigenvalue weighted by Crippen LogP contribution is 2.11. The minimum atomic E-state index is 0.793. The van der Waals surface area contributed by atoms with Crippen LogP contribution in [-0.2, 0) is 0 Å². The summed E-state index contributed by atoms with van der Waals surface area (Å²) in [5.74, 6) is 1.83. The summed E-state index contributed by atoms with van der Waals surface area (Å²) < 4.78 is 0. The molecule has 1 nitrogen and oxygen atoms in total. The molecule has 86 valence electrons. The summed E-state index contributed by atoms with van der Waals surface area (Å²) in [6.45, 7) is 10.5. The fraction of sp³-hybridized carbons (Fsp3) is 1.00. The fourth-order valence-corrected chi connectivity index (χ4v) is 2.24. The second-order valence-electron chi connectivity index (χ2n) is 4.14. The molecular formula is C12H27NS. The van der Waals surface area contributed by atoms with Gasteiger partial charge in [0.05, 0.1) is 0 Å². The van der Waals surface area contributed by atoms with Gasteiger partial charge in [-0.1, -0.05) is 27.2 Å². The Morgan fingerprint density at radius 3 is 1.93 bits per heavy atom. The average molecular weight is 217 g/mol. The number of rotatable bonds is 9. The summed E-state index contributed by atoms with van der Waals surface area (Å²) in [5.41, 5.74) is 0. The smallest absolute Gasteiger partial charge is 0.00174 e. The van der Waals surface area contributed by atoms with E-state index in [0.29, 0.717) is 0 Å². The van der Waals surface area contributed by atoms with Crippen molar-refractivity contribution in [1.82, 2.24) is 4.90 Å². The van der Waals surface area contributed by atoms with E-state index in [-0.39, 0.29) is 0 Å². The third-order valence-corrected chi connectivity index (χ3v) is 3.07. The summed E-state index contributed by atoms with van der Waals surface area (Å²) in [7, 11) is 0. The van der Waals surface area contributed by atoms with Crippen LogP contribution < -0.4 is 0 Å². The Balaban J connectivity index is 3.83.